The molecule has 0 bridgehead atoms. The normalized spacial score (nSPS) is 9.64. The Morgan fingerprint density at radius 1 is 1.14 bits per heavy atom. The first-order valence-corrected chi connectivity index (χ1v) is 4.82. The van der Waals surface area contributed by atoms with Gasteiger partial charge in [-0.3, -0.25) is 9.79 Å². The maximum absolute atomic E-state index is 10.4. The molecular formula is C7H9O4PY2. The van der Waals surface area contributed by atoms with Gasteiger partial charge in [-0.15, -0.1) is 0 Å². The van der Waals surface area contributed by atoms with Gasteiger partial charge < -0.3 is 4.52 Å². The molecule has 1 aromatic carbocycles. The molecule has 2 radical (unpaired) electrons. The molecule has 2 N–H and O–H groups in total. The van der Waals surface area contributed by atoms with Crippen molar-refractivity contribution in [3.05, 3.63) is 29.8 Å². The molecule has 1 aromatic rings. The van der Waals surface area contributed by atoms with Gasteiger partial charge in [0.2, 0.25) is 0 Å². The third kappa shape index (κ3) is 7.64. The van der Waals surface area contributed by atoms with Crippen molar-refractivity contribution in [2.24, 2.45) is 0 Å². The van der Waals surface area contributed by atoms with E-state index in [0.717, 1.165) is 5.56 Å². The maximum Gasteiger partial charge on any atom is 0.524 e. The van der Waals surface area contributed by atoms with Crippen LogP contribution >= 0.6 is 7.82 Å². The van der Waals surface area contributed by atoms with E-state index in [1.54, 1.807) is 12.1 Å². The smallest absolute Gasteiger partial charge is 0.404 e. The average molecular weight is 366 g/mol. The fraction of sp³-hybridized carbons (Fsp3) is 0.143. The second kappa shape index (κ2) is 7.62. The van der Waals surface area contributed by atoms with E-state index in [0.29, 0.717) is 0 Å². The number of phosphoric acid groups is 1. The molecular weight excluding hydrogens is 357 g/mol. The van der Waals surface area contributed by atoms with Crippen LogP contribution in [-0.2, 0) is 70.0 Å². The number of rotatable bonds is 2. The van der Waals surface area contributed by atoms with Gasteiger partial charge in [-0.1, -0.05) is 17.7 Å². The molecule has 0 aromatic heterocycles. The SMILES string of the molecule is Cc1ccc(OP(=O)(O)O)cc1.[Y].[Y]. The van der Waals surface area contributed by atoms with E-state index in [9.17, 15) is 4.57 Å². The molecule has 0 aliphatic rings. The Labute approximate surface area is 133 Å². The third-order valence-corrected chi connectivity index (χ3v) is 1.69. The van der Waals surface area contributed by atoms with Crippen molar-refractivity contribution < 1.29 is 84.3 Å². The molecule has 0 unspecified atom stereocenters. The zero-order chi connectivity index (χ0) is 9.19. The summed E-state index contributed by atoms with van der Waals surface area (Å²) in [7, 11) is -4.40. The Hall–Kier alpha value is 1.38. The van der Waals surface area contributed by atoms with Crippen molar-refractivity contribution in [3.63, 3.8) is 0 Å². The summed E-state index contributed by atoms with van der Waals surface area (Å²) < 4.78 is 14.7. The van der Waals surface area contributed by atoms with Crippen molar-refractivity contribution in [2.45, 2.75) is 6.92 Å². The molecule has 72 valence electrons. The predicted molar refractivity (Wildman–Crippen MR) is 43.9 cm³/mol. The summed E-state index contributed by atoms with van der Waals surface area (Å²) in [6.45, 7) is 1.88. The van der Waals surface area contributed by atoms with Crippen LogP contribution in [0.3, 0.4) is 0 Å². The Morgan fingerprint density at radius 2 is 1.57 bits per heavy atom. The zero-order valence-corrected chi connectivity index (χ0v) is 14.2. The van der Waals surface area contributed by atoms with Crippen molar-refractivity contribution in [1.82, 2.24) is 0 Å². The minimum Gasteiger partial charge on any atom is -0.404 e. The summed E-state index contributed by atoms with van der Waals surface area (Å²) in [4.78, 5) is 16.9. The summed E-state index contributed by atoms with van der Waals surface area (Å²) in [5.41, 5.74) is 1.01. The number of benzene rings is 1. The van der Waals surface area contributed by atoms with Gasteiger partial charge >= 0.3 is 7.82 Å². The molecule has 0 fully saturated rings. The van der Waals surface area contributed by atoms with Gasteiger partial charge in [-0.05, 0) is 19.1 Å². The first kappa shape index (κ1) is 17.8. The van der Waals surface area contributed by atoms with Crippen molar-refractivity contribution in [3.8, 4) is 5.75 Å². The summed E-state index contributed by atoms with van der Waals surface area (Å²) in [6, 6.07) is 6.44. The fourth-order valence-electron chi connectivity index (χ4n) is 0.736. The second-order valence-corrected chi connectivity index (χ2v) is 3.56. The third-order valence-electron chi connectivity index (χ3n) is 1.25. The van der Waals surface area contributed by atoms with Gasteiger partial charge in [0.05, 0.1) is 0 Å². The first-order chi connectivity index (χ1) is 5.47. The first-order valence-electron chi connectivity index (χ1n) is 3.29. The predicted octanol–water partition coefficient (Wildman–Crippen LogP) is 1.46. The molecule has 0 saturated carbocycles. The minimum absolute atomic E-state index is 0. The van der Waals surface area contributed by atoms with Crippen LogP contribution in [0, 0.1) is 6.92 Å². The van der Waals surface area contributed by atoms with Crippen LogP contribution in [0.25, 0.3) is 0 Å². The molecule has 0 aliphatic carbocycles. The quantitative estimate of drug-likeness (QED) is 0.779. The Morgan fingerprint density at radius 3 is 1.93 bits per heavy atom. The van der Waals surface area contributed by atoms with E-state index in [-0.39, 0.29) is 71.2 Å². The van der Waals surface area contributed by atoms with E-state index in [2.05, 4.69) is 4.52 Å². The topological polar surface area (TPSA) is 66.8 Å². The molecule has 7 heteroatoms. The van der Waals surface area contributed by atoms with Crippen molar-refractivity contribution >= 4 is 7.82 Å². The number of hydrogen-bond acceptors (Lipinski definition) is 2. The van der Waals surface area contributed by atoms with Crippen LogP contribution in [0.5, 0.6) is 5.75 Å². The van der Waals surface area contributed by atoms with E-state index >= 15 is 0 Å². The van der Waals surface area contributed by atoms with Crippen LogP contribution in [0.4, 0.5) is 0 Å². The Bertz CT molecular complexity index is 308. The second-order valence-electron chi connectivity index (χ2n) is 2.39. The Balaban J connectivity index is 0. The van der Waals surface area contributed by atoms with Crippen molar-refractivity contribution in [1.29, 1.82) is 0 Å². The van der Waals surface area contributed by atoms with E-state index in [4.69, 9.17) is 9.79 Å². The molecule has 0 saturated heterocycles. The largest absolute Gasteiger partial charge is 0.524 e. The van der Waals surface area contributed by atoms with E-state index < -0.39 is 7.82 Å². The average Bonchev–Trinajstić information content (AvgIpc) is 1.91. The molecule has 0 amide bonds. The minimum atomic E-state index is -4.40. The number of hydrogen-bond donors (Lipinski definition) is 2. The standard InChI is InChI=1S/C7H9O4P.2Y/c1-6-2-4-7(5-3-6)11-12(8,9)10;;/h2-5H,1H3,(H2,8,9,10);;. The fourth-order valence-corrected chi connectivity index (χ4v) is 1.13. The van der Waals surface area contributed by atoms with Crippen LogP contribution in [0.1, 0.15) is 5.56 Å². The van der Waals surface area contributed by atoms with Crippen molar-refractivity contribution in [2.75, 3.05) is 0 Å². The summed E-state index contributed by atoms with van der Waals surface area (Å²) in [6.07, 6.45) is 0. The van der Waals surface area contributed by atoms with Crippen LogP contribution < -0.4 is 4.52 Å². The molecule has 1 rings (SSSR count). The molecule has 4 nitrogen and oxygen atoms in total. The number of phosphoric ester groups is 1. The molecule has 0 atom stereocenters. The van der Waals surface area contributed by atoms with E-state index in [1.807, 2.05) is 6.92 Å². The van der Waals surface area contributed by atoms with Gasteiger partial charge in [0.25, 0.3) is 0 Å². The van der Waals surface area contributed by atoms with Crippen LogP contribution in [-0.4, -0.2) is 9.79 Å². The summed E-state index contributed by atoms with van der Waals surface area (Å²) >= 11 is 0. The maximum atomic E-state index is 10.4. The van der Waals surface area contributed by atoms with E-state index in [1.165, 1.54) is 12.1 Å². The van der Waals surface area contributed by atoms with Gasteiger partial charge in [0.15, 0.2) is 0 Å². The van der Waals surface area contributed by atoms with Crippen LogP contribution in [0.15, 0.2) is 24.3 Å². The molecule has 0 heterocycles. The number of aryl methyl sites for hydroxylation is 1. The Kier molecular flexibility index (Phi) is 9.67. The van der Waals surface area contributed by atoms with Gasteiger partial charge in [-0.25, -0.2) is 4.57 Å². The van der Waals surface area contributed by atoms with Gasteiger partial charge in [0, 0.05) is 65.4 Å². The monoisotopic (exact) mass is 366 g/mol. The van der Waals surface area contributed by atoms with Gasteiger partial charge in [0.1, 0.15) is 5.75 Å². The molecule has 0 spiro atoms. The summed E-state index contributed by atoms with van der Waals surface area (Å²) in [5, 5.41) is 0. The van der Waals surface area contributed by atoms with Crippen LogP contribution in [0.2, 0.25) is 0 Å². The summed E-state index contributed by atoms with van der Waals surface area (Å²) in [5.74, 6) is 0.175. The zero-order valence-electron chi connectivity index (χ0n) is 7.62. The van der Waals surface area contributed by atoms with Gasteiger partial charge in [-0.2, -0.15) is 0 Å². The molecule has 14 heavy (non-hydrogen) atoms. The molecule has 0 aliphatic heterocycles.